The van der Waals surface area contributed by atoms with Gasteiger partial charge in [0.1, 0.15) is 24.2 Å². The standard InChI is InChI=1S/C48H49N5O7S/c54-43-37-15-7-8-16-38(37)44(55)50-41(29-36-14-9-25-61-36)47(58)52-40(27-31-17-21-34(22-18-31)33-12-5-2-6-13-33)45(56)51-39(26-30-10-3-1-4-11-30)46(57)53-42(48(59)60)28-32-19-23-35(49-43)24-20-32/h1-6,9-14,17-25,37-42H,7-8,15-16,26-29H2,(H,49,54)(H,50,55)(H,51,56)(H,52,58)(H,53,57)(H,59,60). The number of hydrogen-bond donors (Lipinski definition) is 6. The molecule has 61 heavy (non-hydrogen) atoms. The fraction of sp³-hybridized carbons (Fsp3) is 0.292. The first kappa shape index (κ1) is 42.5. The van der Waals surface area contributed by atoms with Crippen molar-refractivity contribution in [2.24, 2.45) is 11.8 Å². The van der Waals surface area contributed by atoms with Crippen molar-refractivity contribution in [3.8, 4) is 11.1 Å². The molecule has 4 aromatic carbocycles. The fourth-order valence-corrected chi connectivity index (χ4v) is 8.81. The van der Waals surface area contributed by atoms with E-state index in [1.54, 1.807) is 48.5 Å². The van der Waals surface area contributed by atoms with Crippen LogP contribution in [0.1, 0.15) is 47.3 Å². The van der Waals surface area contributed by atoms with Gasteiger partial charge in [-0.2, -0.15) is 0 Å². The number of hydrogen-bond acceptors (Lipinski definition) is 7. The molecular weight excluding hydrogens is 791 g/mol. The lowest BCUT2D eigenvalue weighted by atomic mass is 9.78. The zero-order valence-corrected chi connectivity index (χ0v) is 34.4. The van der Waals surface area contributed by atoms with Gasteiger partial charge in [-0.25, -0.2) is 4.79 Å². The van der Waals surface area contributed by atoms with E-state index in [2.05, 4.69) is 26.6 Å². The summed E-state index contributed by atoms with van der Waals surface area (Å²) in [4.78, 5) is 84.5. The van der Waals surface area contributed by atoms with Crippen molar-refractivity contribution >= 4 is 52.5 Å². The minimum atomic E-state index is -1.35. The van der Waals surface area contributed by atoms with Crippen LogP contribution in [0.4, 0.5) is 5.69 Å². The summed E-state index contributed by atoms with van der Waals surface area (Å²) in [5, 5.41) is 26.4. The average Bonchev–Trinajstić information content (AvgIpc) is 3.80. The molecule has 1 saturated carbocycles. The topological polar surface area (TPSA) is 183 Å². The number of carboxylic acids is 1. The highest BCUT2D eigenvalue weighted by molar-refractivity contribution is 7.09. The van der Waals surface area contributed by atoms with E-state index < -0.39 is 65.6 Å². The van der Waals surface area contributed by atoms with E-state index in [-0.39, 0.29) is 31.6 Å². The average molecular weight is 840 g/mol. The van der Waals surface area contributed by atoms with Crippen LogP contribution in [0.3, 0.4) is 0 Å². The second-order valence-electron chi connectivity index (χ2n) is 15.7. The van der Waals surface area contributed by atoms with Crippen molar-refractivity contribution in [1.82, 2.24) is 21.3 Å². The monoisotopic (exact) mass is 839 g/mol. The number of carboxylic acid groups (broad SMARTS) is 1. The van der Waals surface area contributed by atoms with Gasteiger partial charge in [0.05, 0.1) is 0 Å². The summed E-state index contributed by atoms with van der Waals surface area (Å²) in [6.07, 6.45) is 2.58. The lowest BCUT2D eigenvalue weighted by molar-refractivity contribution is -0.142. The quantitative estimate of drug-likeness (QED) is 0.112. The minimum Gasteiger partial charge on any atom is -0.480 e. The summed E-state index contributed by atoms with van der Waals surface area (Å²) in [6, 6.07) is 31.9. The minimum absolute atomic E-state index is 0.0322. The Morgan fingerprint density at radius 2 is 1.07 bits per heavy atom. The number of carbonyl (C=O) groups excluding carboxylic acids is 5. The van der Waals surface area contributed by atoms with Crippen molar-refractivity contribution in [2.75, 3.05) is 5.32 Å². The number of benzene rings is 4. The molecule has 13 heteroatoms. The highest BCUT2D eigenvalue weighted by Gasteiger charge is 2.38. The number of anilines is 1. The van der Waals surface area contributed by atoms with Crippen molar-refractivity contribution in [3.63, 3.8) is 0 Å². The Kier molecular flexibility index (Phi) is 14.0. The predicted molar refractivity (Wildman–Crippen MR) is 233 cm³/mol. The van der Waals surface area contributed by atoms with Gasteiger partial charge in [0.15, 0.2) is 0 Å². The molecule has 1 aromatic heterocycles. The first-order valence-electron chi connectivity index (χ1n) is 20.6. The summed E-state index contributed by atoms with van der Waals surface area (Å²) in [6.45, 7) is 0. The molecule has 6 atom stereocenters. The molecule has 12 nitrogen and oxygen atoms in total. The highest BCUT2D eigenvalue weighted by Crippen LogP contribution is 2.32. The van der Waals surface area contributed by atoms with E-state index in [4.69, 9.17) is 0 Å². The van der Waals surface area contributed by atoms with Gasteiger partial charge in [-0.3, -0.25) is 24.0 Å². The molecule has 5 amide bonds. The molecule has 2 aliphatic heterocycles. The molecule has 3 heterocycles. The number of nitrogens with one attached hydrogen (secondary N) is 5. The first-order chi connectivity index (χ1) is 29.6. The van der Waals surface area contributed by atoms with Crippen LogP contribution >= 0.6 is 11.3 Å². The number of amides is 5. The van der Waals surface area contributed by atoms with Gasteiger partial charge in [-0.1, -0.05) is 116 Å². The molecule has 6 unspecified atom stereocenters. The lowest BCUT2D eigenvalue weighted by Gasteiger charge is -2.31. The molecule has 6 N–H and O–H groups in total. The van der Waals surface area contributed by atoms with Crippen LogP contribution in [0.25, 0.3) is 11.1 Å². The van der Waals surface area contributed by atoms with Gasteiger partial charge >= 0.3 is 5.97 Å². The molecule has 1 aliphatic carbocycles. The van der Waals surface area contributed by atoms with Crippen molar-refractivity contribution in [1.29, 1.82) is 0 Å². The molecule has 0 saturated heterocycles. The van der Waals surface area contributed by atoms with Crippen LogP contribution in [-0.4, -0.2) is 64.8 Å². The molecule has 1 fully saturated rings. The molecule has 2 bridgehead atoms. The Bertz CT molecular complexity index is 2300. The van der Waals surface area contributed by atoms with Crippen molar-refractivity contribution in [2.45, 2.75) is 75.5 Å². The summed E-state index contributed by atoms with van der Waals surface area (Å²) in [7, 11) is 0. The largest absolute Gasteiger partial charge is 0.480 e. The number of thiophene rings is 1. The Hall–Kier alpha value is -6.60. The predicted octanol–water partition coefficient (Wildman–Crippen LogP) is 5.47. The van der Waals surface area contributed by atoms with Crippen LogP contribution in [0.5, 0.6) is 0 Å². The van der Waals surface area contributed by atoms with Crippen LogP contribution in [0.15, 0.2) is 127 Å². The van der Waals surface area contributed by atoms with E-state index in [0.717, 1.165) is 40.0 Å². The Balaban J connectivity index is 1.25. The summed E-state index contributed by atoms with van der Waals surface area (Å²) < 4.78 is 0. The van der Waals surface area contributed by atoms with Crippen molar-refractivity contribution in [3.05, 3.63) is 148 Å². The third-order valence-electron chi connectivity index (χ3n) is 11.4. The Morgan fingerprint density at radius 1 is 0.541 bits per heavy atom. The molecule has 0 radical (unpaired) electrons. The zero-order valence-electron chi connectivity index (χ0n) is 33.6. The first-order valence-corrected chi connectivity index (χ1v) is 21.5. The lowest BCUT2D eigenvalue weighted by Crippen LogP contribution is -2.59. The van der Waals surface area contributed by atoms with Crippen molar-refractivity contribution < 1.29 is 33.9 Å². The summed E-state index contributed by atoms with van der Waals surface area (Å²) in [5.41, 5.74) is 4.47. The van der Waals surface area contributed by atoms with E-state index in [1.807, 2.05) is 78.2 Å². The second kappa shape index (κ2) is 20.1. The number of aliphatic carboxylic acids is 1. The molecule has 3 aliphatic rings. The molecule has 8 rings (SSSR count). The van der Waals surface area contributed by atoms with E-state index in [9.17, 15) is 33.9 Å². The molecular formula is C48H49N5O7S. The van der Waals surface area contributed by atoms with E-state index in [0.29, 0.717) is 24.1 Å². The summed E-state index contributed by atoms with van der Waals surface area (Å²) in [5.74, 6) is -5.37. The van der Waals surface area contributed by atoms with E-state index in [1.165, 1.54) is 11.3 Å². The fourth-order valence-electron chi connectivity index (χ4n) is 8.06. The van der Waals surface area contributed by atoms with Gasteiger partial charge in [0.25, 0.3) is 0 Å². The number of rotatable bonds is 8. The molecule has 314 valence electrons. The normalized spacial score (nSPS) is 22.9. The smallest absolute Gasteiger partial charge is 0.326 e. The van der Waals surface area contributed by atoms with Gasteiger partial charge < -0.3 is 31.7 Å². The zero-order chi connectivity index (χ0) is 42.7. The van der Waals surface area contributed by atoms with Crippen LogP contribution in [0.2, 0.25) is 0 Å². The maximum Gasteiger partial charge on any atom is 0.326 e. The third-order valence-corrected chi connectivity index (χ3v) is 12.3. The second-order valence-corrected chi connectivity index (χ2v) is 16.7. The molecule has 5 aromatic rings. The van der Waals surface area contributed by atoms with Crippen LogP contribution in [0, 0.1) is 11.8 Å². The van der Waals surface area contributed by atoms with Crippen LogP contribution in [-0.2, 0) is 54.5 Å². The maximum absolute atomic E-state index is 14.6. The van der Waals surface area contributed by atoms with Gasteiger partial charge in [0.2, 0.25) is 29.5 Å². The Labute approximate surface area is 358 Å². The van der Waals surface area contributed by atoms with Crippen LogP contribution < -0.4 is 26.6 Å². The van der Waals surface area contributed by atoms with E-state index >= 15 is 0 Å². The molecule has 0 spiro atoms. The number of carbonyl (C=O) groups is 6. The van der Waals surface area contributed by atoms with Gasteiger partial charge in [-0.15, -0.1) is 11.3 Å². The maximum atomic E-state index is 14.6. The number of fused-ring (bicyclic) bond motifs is 15. The van der Waals surface area contributed by atoms with Gasteiger partial charge in [0, 0.05) is 48.1 Å². The SMILES string of the molecule is O=C(O)C1Cc2ccc(cc2)NC(=O)C2CCCCC2C(=O)NC(Cc2cccs2)C(=O)NC(Cc2ccc(-c3ccccc3)cc2)C(=O)NC(Cc2ccccc2)C(=O)N1. The highest BCUT2D eigenvalue weighted by atomic mass is 32.1. The third kappa shape index (κ3) is 11.4. The summed E-state index contributed by atoms with van der Waals surface area (Å²) >= 11 is 1.43. The Morgan fingerprint density at radius 3 is 1.66 bits per heavy atom. The van der Waals surface area contributed by atoms with Gasteiger partial charge in [-0.05, 0) is 64.2 Å².